The Morgan fingerprint density at radius 2 is 1.76 bits per heavy atom. The topological polar surface area (TPSA) is 51.2 Å². The van der Waals surface area contributed by atoms with Crippen molar-refractivity contribution in [1.82, 2.24) is 0 Å². The van der Waals surface area contributed by atoms with Crippen LogP contribution in [0, 0.1) is 5.92 Å². The van der Waals surface area contributed by atoms with Gasteiger partial charge in [-0.1, -0.05) is 37.3 Å². The van der Waals surface area contributed by atoms with E-state index in [1.165, 1.54) is 0 Å². The Morgan fingerprint density at radius 3 is 2.24 bits per heavy atom. The molecule has 17 heavy (non-hydrogen) atoms. The molecule has 0 heterocycles. The van der Waals surface area contributed by atoms with Crippen LogP contribution in [0.4, 0.5) is 0 Å². The van der Waals surface area contributed by atoms with Crippen LogP contribution in [0.2, 0.25) is 0 Å². The molecule has 0 radical (unpaired) electrons. The second-order valence-electron chi connectivity index (χ2n) is 3.70. The normalized spacial score (nSPS) is 11.9. The van der Waals surface area contributed by atoms with Gasteiger partial charge in [-0.15, -0.1) is 12.6 Å². The fourth-order valence-corrected chi connectivity index (χ4v) is 1.75. The van der Waals surface area contributed by atoms with Gasteiger partial charge in [0.15, 0.2) is 10.9 Å². The van der Waals surface area contributed by atoms with Gasteiger partial charge in [0.25, 0.3) is 0 Å². The first-order chi connectivity index (χ1) is 8.06. The first-order valence-electron chi connectivity index (χ1n) is 5.40. The molecule has 0 spiro atoms. The van der Waals surface area contributed by atoms with E-state index in [-0.39, 0.29) is 24.4 Å². The summed E-state index contributed by atoms with van der Waals surface area (Å²) in [4.78, 5) is 34.5. The molecule has 1 aromatic carbocycles. The van der Waals surface area contributed by atoms with E-state index < -0.39 is 11.0 Å². The van der Waals surface area contributed by atoms with Gasteiger partial charge in [0.05, 0.1) is 5.92 Å². The summed E-state index contributed by atoms with van der Waals surface area (Å²) < 4.78 is 0. The van der Waals surface area contributed by atoms with Gasteiger partial charge in [0.2, 0.25) is 0 Å². The molecule has 0 saturated carbocycles. The second kappa shape index (κ2) is 6.35. The monoisotopic (exact) mass is 250 g/mol. The Labute approximate surface area is 106 Å². The number of carbonyl (C=O) groups excluding carboxylic acids is 3. The van der Waals surface area contributed by atoms with Gasteiger partial charge < -0.3 is 0 Å². The molecular formula is C13H14O3S. The minimum absolute atomic E-state index is 0.0982. The van der Waals surface area contributed by atoms with Crippen LogP contribution in [0.25, 0.3) is 0 Å². The molecular weight excluding hydrogens is 236 g/mol. The molecule has 0 aliphatic rings. The van der Waals surface area contributed by atoms with Crippen molar-refractivity contribution in [3.63, 3.8) is 0 Å². The summed E-state index contributed by atoms with van der Waals surface area (Å²) in [5.74, 6) is -1.37. The fraction of sp³-hybridized carbons (Fsp3) is 0.308. The number of hydrogen-bond donors (Lipinski definition) is 1. The van der Waals surface area contributed by atoms with Crippen LogP contribution >= 0.6 is 12.6 Å². The number of benzene rings is 1. The Kier molecular flexibility index (Phi) is 5.10. The standard InChI is InChI=1S/C13H14O3S/c1-2-11(14)10(13(16)17)8-12(15)9-6-4-3-5-7-9/h3-7,10H,2,8H2,1H3,(H,16,17). The number of ketones is 2. The molecule has 0 N–H and O–H groups in total. The first-order valence-corrected chi connectivity index (χ1v) is 5.84. The molecule has 1 atom stereocenters. The van der Waals surface area contributed by atoms with E-state index >= 15 is 0 Å². The number of Topliss-reactive ketones (excluding diaryl/α,β-unsaturated/α-hetero) is 2. The minimum atomic E-state index is -0.920. The van der Waals surface area contributed by atoms with Crippen molar-refractivity contribution in [2.45, 2.75) is 19.8 Å². The fourth-order valence-electron chi connectivity index (χ4n) is 1.51. The van der Waals surface area contributed by atoms with Gasteiger partial charge in [0, 0.05) is 18.4 Å². The molecule has 1 unspecified atom stereocenters. The Balaban J connectivity index is 2.78. The average Bonchev–Trinajstić information content (AvgIpc) is 2.35. The SMILES string of the molecule is CCC(=O)C(CC(=O)c1ccccc1)C(=O)S. The summed E-state index contributed by atoms with van der Waals surface area (Å²) >= 11 is 3.66. The predicted molar refractivity (Wildman–Crippen MR) is 68.2 cm³/mol. The molecule has 0 saturated heterocycles. The van der Waals surface area contributed by atoms with E-state index in [4.69, 9.17) is 0 Å². The van der Waals surface area contributed by atoms with Crippen molar-refractivity contribution >= 4 is 29.3 Å². The average molecular weight is 250 g/mol. The maximum Gasteiger partial charge on any atom is 0.196 e. The molecule has 0 fully saturated rings. The summed E-state index contributed by atoms with van der Waals surface area (Å²) in [7, 11) is 0. The van der Waals surface area contributed by atoms with Crippen molar-refractivity contribution < 1.29 is 14.4 Å². The highest BCUT2D eigenvalue weighted by atomic mass is 32.1. The van der Waals surface area contributed by atoms with Gasteiger partial charge >= 0.3 is 0 Å². The van der Waals surface area contributed by atoms with Crippen LogP contribution in [-0.4, -0.2) is 16.7 Å². The third-order valence-electron chi connectivity index (χ3n) is 2.52. The lowest BCUT2D eigenvalue weighted by Crippen LogP contribution is -2.23. The van der Waals surface area contributed by atoms with E-state index in [0.29, 0.717) is 5.56 Å². The number of rotatable bonds is 6. The van der Waals surface area contributed by atoms with Gasteiger partial charge in [-0.05, 0) is 0 Å². The third kappa shape index (κ3) is 3.82. The van der Waals surface area contributed by atoms with Crippen LogP contribution in [0.5, 0.6) is 0 Å². The van der Waals surface area contributed by atoms with E-state index in [0.717, 1.165) is 0 Å². The largest absolute Gasteiger partial charge is 0.299 e. The quantitative estimate of drug-likeness (QED) is 0.479. The van der Waals surface area contributed by atoms with E-state index in [9.17, 15) is 14.4 Å². The van der Waals surface area contributed by atoms with E-state index in [1.54, 1.807) is 37.3 Å². The molecule has 90 valence electrons. The molecule has 0 amide bonds. The number of hydrogen-bond acceptors (Lipinski definition) is 3. The highest BCUT2D eigenvalue weighted by Crippen LogP contribution is 2.15. The van der Waals surface area contributed by atoms with Crippen LogP contribution in [-0.2, 0) is 9.59 Å². The summed E-state index contributed by atoms with van der Waals surface area (Å²) in [5, 5.41) is -0.541. The lowest BCUT2D eigenvalue weighted by molar-refractivity contribution is -0.128. The molecule has 0 bridgehead atoms. The van der Waals surface area contributed by atoms with Gasteiger partial charge in [-0.2, -0.15) is 0 Å². The van der Waals surface area contributed by atoms with Crippen LogP contribution in [0.1, 0.15) is 30.1 Å². The molecule has 0 aromatic heterocycles. The zero-order valence-electron chi connectivity index (χ0n) is 9.55. The maximum absolute atomic E-state index is 11.8. The van der Waals surface area contributed by atoms with E-state index in [1.807, 2.05) is 0 Å². The molecule has 1 aromatic rings. The van der Waals surface area contributed by atoms with Crippen LogP contribution in [0.15, 0.2) is 30.3 Å². The van der Waals surface area contributed by atoms with Gasteiger partial charge in [-0.25, -0.2) is 0 Å². The Morgan fingerprint density at radius 1 is 1.18 bits per heavy atom. The smallest absolute Gasteiger partial charge is 0.196 e. The molecule has 0 aliphatic heterocycles. The number of carbonyl (C=O) groups is 3. The number of thiol groups is 1. The maximum atomic E-state index is 11.8. The highest BCUT2D eigenvalue weighted by Gasteiger charge is 2.25. The zero-order chi connectivity index (χ0) is 12.8. The summed E-state index contributed by atoms with van der Waals surface area (Å²) in [6.07, 6.45) is 0.137. The first kappa shape index (κ1) is 13.6. The Bertz CT molecular complexity index is 426. The predicted octanol–water partition coefficient (Wildman–Crippen LogP) is 2.31. The lowest BCUT2D eigenvalue weighted by atomic mass is 9.94. The minimum Gasteiger partial charge on any atom is -0.299 e. The van der Waals surface area contributed by atoms with Crippen molar-refractivity contribution in [3.8, 4) is 0 Å². The van der Waals surface area contributed by atoms with E-state index in [2.05, 4.69) is 12.6 Å². The van der Waals surface area contributed by atoms with Crippen LogP contribution in [0.3, 0.4) is 0 Å². The van der Waals surface area contributed by atoms with Crippen LogP contribution < -0.4 is 0 Å². The summed E-state index contributed by atoms with van der Waals surface area (Å²) in [5.41, 5.74) is 0.510. The molecule has 4 heteroatoms. The van der Waals surface area contributed by atoms with Crippen molar-refractivity contribution in [3.05, 3.63) is 35.9 Å². The van der Waals surface area contributed by atoms with Crippen molar-refractivity contribution in [2.75, 3.05) is 0 Å². The summed E-state index contributed by atoms with van der Waals surface area (Å²) in [6.45, 7) is 1.67. The molecule has 3 nitrogen and oxygen atoms in total. The van der Waals surface area contributed by atoms with Crippen molar-refractivity contribution in [2.24, 2.45) is 5.92 Å². The van der Waals surface area contributed by atoms with Gasteiger partial charge in [0.1, 0.15) is 5.78 Å². The lowest BCUT2D eigenvalue weighted by Gasteiger charge is -2.09. The molecule has 1 rings (SSSR count). The summed E-state index contributed by atoms with van der Waals surface area (Å²) in [6, 6.07) is 8.62. The zero-order valence-corrected chi connectivity index (χ0v) is 10.4. The Hall–Kier alpha value is -1.42. The van der Waals surface area contributed by atoms with Crippen molar-refractivity contribution in [1.29, 1.82) is 0 Å². The highest BCUT2D eigenvalue weighted by molar-refractivity contribution is 7.96. The molecule has 0 aliphatic carbocycles. The second-order valence-corrected chi connectivity index (χ2v) is 4.14. The van der Waals surface area contributed by atoms with Gasteiger partial charge in [-0.3, -0.25) is 14.4 Å². The third-order valence-corrected chi connectivity index (χ3v) is 2.83.